The van der Waals surface area contributed by atoms with Crippen molar-refractivity contribution < 1.29 is 14.1 Å². The van der Waals surface area contributed by atoms with E-state index >= 15 is 0 Å². The van der Waals surface area contributed by atoms with Crippen LogP contribution in [0.15, 0.2) is 34.9 Å². The smallest absolute Gasteiger partial charge is 0.230 e. The van der Waals surface area contributed by atoms with Gasteiger partial charge in [-0.1, -0.05) is 42.7 Å². The second-order valence-corrected chi connectivity index (χ2v) is 7.99. The summed E-state index contributed by atoms with van der Waals surface area (Å²) in [5.41, 5.74) is 1.14. The number of likely N-dealkylation sites (tertiary alicyclic amines) is 1. The number of benzene rings is 1. The first-order chi connectivity index (χ1) is 12.8. The quantitative estimate of drug-likeness (QED) is 0.824. The van der Waals surface area contributed by atoms with Crippen LogP contribution in [0.4, 0.5) is 0 Å². The van der Waals surface area contributed by atoms with E-state index in [9.17, 15) is 9.59 Å². The second-order valence-electron chi connectivity index (χ2n) is 7.55. The van der Waals surface area contributed by atoms with Crippen molar-refractivity contribution in [3.05, 3.63) is 52.4 Å². The van der Waals surface area contributed by atoms with E-state index in [1.54, 1.807) is 11.0 Å². The van der Waals surface area contributed by atoms with Crippen molar-refractivity contribution in [2.75, 3.05) is 13.1 Å². The lowest BCUT2D eigenvalue weighted by Gasteiger charge is -2.49. The summed E-state index contributed by atoms with van der Waals surface area (Å²) in [5, 5.41) is 7.42. The zero-order valence-electron chi connectivity index (χ0n) is 15.8. The number of nitrogens with zero attached hydrogens (tertiary/aromatic N) is 2. The Morgan fingerprint density at radius 2 is 1.96 bits per heavy atom. The van der Waals surface area contributed by atoms with Crippen molar-refractivity contribution in [1.82, 2.24) is 15.4 Å². The maximum atomic E-state index is 13.0. The molecule has 6 nitrogen and oxygen atoms in total. The number of amides is 2. The molecular weight excluding hydrogens is 366 g/mol. The minimum absolute atomic E-state index is 0.0698. The van der Waals surface area contributed by atoms with E-state index in [-0.39, 0.29) is 24.3 Å². The van der Waals surface area contributed by atoms with Crippen LogP contribution in [-0.4, -0.2) is 35.0 Å². The van der Waals surface area contributed by atoms with Crippen LogP contribution in [0.3, 0.4) is 0 Å². The molecule has 144 valence electrons. The van der Waals surface area contributed by atoms with Crippen LogP contribution in [0.5, 0.6) is 0 Å². The second kappa shape index (κ2) is 7.72. The summed E-state index contributed by atoms with van der Waals surface area (Å²) >= 11 is 5.96. The van der Waals surface area contributed by atoms with Gasteiger partial charge in [0.2, 0.25) is 11.8 Å². The summed E-state index contributed by atoms with van der Waals surface area (Å²) in [4.78, 5) is 27.0. The van der Waals surface area contributed by atoms with Gasteiger partial charge in [0.1, 0.15) is 0 Å². The van der Waals surface area contributed by atoms with Crippen LogP contribution in [0.1, 0.15) is 30.9 Å². The standard InChI is InChI=1S/C20H24ClN3O3/c1-13(2)18(25)24-11-20(12-24,9-15-4-6-16(21)7-5-15)19(26)22-10-17-8-14(3)23-27-17/h4-8,13H,9-12H2,1-3H3,(H,22,26). The molecule has 1 aromatic heterocycles. The van der Waals surface area contributed by atoms with Crippen LogP contribution in [0.2, 0.25) is 5.02 Å². The van der Waals surface area contributed by atoms with Gasteiger partial charge in [0.05, 0.1) is 17.7 Å². The normalized spacial score (nSPS) is 15.5. The van der Waals surface area contributed by atoms with Gasteiger partial charge < -0.3 is 14.7 Å². The number of nitrogens with one attached hydrogen (secondary N) is 1. The topological polar surface area (TPSA) is 75.4 Å². The maximum absolute atomic E-state index is 13.0. The molecule has 0 bridgehead atoms. The fourth-order valence-corrected chi connectivity index (χ4v) is 3.51. The summed E-state index contributed by atoms with van der Waals surface area (Å²) in [7, 11) is 0. The molecule has 2 aromatic rings. The molecule has 2 amide bonds. The maximum Gasteiger partial charge on any atom is 0.230 e. The zero-order chi connectivity index (χ0) is 19.6. The highest BCUT2D eigenvalue weighted by Gasteiger charge is 2.51. The van der Waals surface area contributed by atoms with Crippen molar-refractivity contribution in [1.29, 1.82) is 0 Å². The van der Waals surface area contributed by atoms with Gasteiger partial charge in [-0.15, -0.1) is 0 Å². The third-order valence-electron chi connectivity index (χ3n) is 4.83. The van der Waals surface area contributed by atoms with E-state index in [1.165, 1.54) is 0 Å². The Balaban J connectivity index is 1.72. The zero-order valence-corrected chi connectivity index (χ0v) is 16.5. The highest BCUT2D eigenvalue weighted by Crippen LogP contribution is 2.36. The Bertz CT molecular complexity index is 823. The predicted molar refractivity (Wildman–Crippen MR) is 102 cm³/mol. The summed E-state index contributed by atoms with van der Waals surface area (Å²) < 4.78 is 5.16. The molecule has 1 fully saturated rings. The third kappa shape index (κ3) is 4.33. The number of rotatable bonds is 6. The highest BCUT2D eigenvalue weighted by atomic mass is 35.5. The van der Waals surface area contributed by atoms with E-state index in [0.717, 1.165) is 11.3 Å². The Kier molecular flexibility index (Phi) is 5.56. The predicted octanol–water partition coefficient (Wildman–Crippen LogP) is 2.98. The Hall–Kier alpha value is -2.34. The van der Waals surface area contributed by atoms with Gasteiger partial charge in [0.15, 0.2) is 5.76 Å². The lowest BCUT2D eigenvalue weighted by Crippen LogP contribution is -2.66. The summed E-state index contributed by atoms with van der Waals surface area (Å²) in [6.45, 7) is 6.67. The van der Waals surface area contributed by atoms with Gasteiger partial charge in [-0.05, 0) is 31.0 Å². The van der Waals surface area contributed by atoms with Crippen molar-refractivity contribution >= 4 is 23.4 Å². The molecule has 7 heteroatoms. The SMILES string of the molecule is Cc1cc(CNC(=O)C2(Cc3ccc(Cl)cc3)CN(C(=O)C(C)C)C2)on1. The van der Waals surface area contributed by atoms with E-state index < -0.39 is 5.41 Å². The van der Waals surface area contributed by atoms with Crippen LogP contribution in [0.25, 0.3) is 0 Å². The van der Waals surface area contributed by atoms with Crippen molar-refractivity contribution in [3.63, 3.8) is 0 Å². The van der Waals surface area contributed by atoms with Crippen molar-refractivity contribution in [3.8, 4) is 0 Å². The number of hydrogen-bond donors (Lipinski definition) is 1. The third-order valence-corrected chi connectivity index (χ3v) is 5.08. The Morgan fingerprint density at radius 3 is 2.52 bits per heavy atom. The van der Waals surface area contributed by atoms with Crippen LogP contribution >= 0.6 is 11.6 Å². The molecule has 1 saturated heterocycles. The molecular formula is C20H24ClN3O3. The molecule has 0 spiro atoms. The molecule has 0 unspecified atom stereocenters. The molecule has 0 atom stereocenters. The highest BCUT2D eigenvalue weighted by molar-refractivity contribution is 6.30. The molecule has 1 N–H and O–H groups in total. The molecule has 1 aromatic carbocycles. The number of hydrogen-bond acceptors (Lipinski definition) is 4. The molecule has 0 radical (unpaired) electrons. The molecule has 0 saturated carbocycles. The van der Waals surface area contributed by atoms with E-state index in [0.29, 0.717) is 30.3 Å². The number of carbonyl (C=O) groups excluding carboxylic acids is 2. The van der Waals surface area contributed by atoms with Crippen LogP contribution in [-0.2, 0) is 22.6 Å². The average Bonchev–Trinajstić information content (AvgIpc) is 3.02. The van der Waals surface area contributed by atoms with Crippen LogP contribution < -0.4 is 5.32 Å². The first kappa shape index (κ1) is 19.4. The summed E-state index contributed by atoms with van der Waals surface area (Å²) in [5.74, 6) is 0.510. The number of carbonyl (C=O) groups is 2. The lowest BCUT2D eigenvalue weighted by atomic mass is 9.73. The van der Waals surface area contributed by atoms with Gasteiger partial charge in [-0.2, -0.15) is 0 Å². The van der Waals surface area contributed by atoms with Crippen molar-refractivity contribution in [2.24, 2.45) is 11.3 Å². The molecule has 1 aliphatic rings. The first-order valence-corrected chi connectivity index (χ1v) is 9.40. The fourth-order valence-electron chi connectivity index (χ4n) is 3.39. The molecule has 2 heterocycles. The Morgan fingerprint density at radius 1 is 1.30 bits per heavy atom. The van der Waals surface area contributed by atoms with Crippen molar-refractivity contribution in [2.45, 2.75) is 33.7 Å². The molecule has 0 aliphatic carbocycles. The molecule has 27 heavy (non-hydrogen) atoms. The summed E-state index contributed by atoms with van der Waals surface area (Å²) in [6.07, 6.45) is 0.549. The molecule has 3 rings (SSSR count). The van der Waals surface area contributed by atoms with Gasteiger partial charge in [0, 0.05) is 30.1 Å². The number of aromatic nitrogens is 1. The fraction of sp³-hybridized carbons (Fsp3) is 0.450. The average molecular weight is 390 g/mol. The van der Waals surface area contributed by atoms with E-state index in [2.05, 4.69) is 10.5 Å². The Labute approximate surface area is 163 Å². The first-order valence-electron chi connectivity index (χ1n) is 9.03. The van der Waals surface area contributed by atoms with Gasteiger partial charge in [0.25, 0.3) is 0 Å². The van der Waals surface area contributed by atoms with Gasteiger partial charge in [-0.25, -0.2) is 0 Å². The minimum Gasteiger partial charge on any atom is -0.359 e. The largest absolute Gasteiger partial charge is 0.359 e. The van der Waals surface area contributed by atoms with Crippen LogP contribution in [0, 0.1) is 18.3 Å². The number of halogens is 1. The van der Waals surface area contributed by atoms with E-state index in [4.69, 9.17) is 16.1 Å². The molecule has 1 aliphatic heterocycles. The van der Waals surface area contributed by atoms with Gasteiger partial charge in [-0.3, -0.25) is 9.59 Å². The number of aryl methyl sites for hydroxylation is 1. The van der Waals surface area contributed by atoms with Gasteiger partial charge >= 0.3 is 0 Å². The minimum atomic E-state index is -0.645. The van der Waals surface area contributed by atoms with E-state index in [1.807, 2.05) is 45.0 Å². The monoisotopic (exact) mass is 389 g/mol. The lowest BCUT2D eigenvalue weighted by molar-refractivity contribution is -0.155. The summed E-state index contributed by atoms with van der Waals surface area (Å²) in [6, 6.07) is 9.26.